The molecule has 0 atom stereocenters. The van der Waals surface area contributed by atoms with Gasteiger partial charge in [0.2, 0.25) is 0 Å². The van der Waals surface area contributed by atoms with Crippen molar-refractivity contribution in [1.82, 2.24) is 9.97 Å². The van der Waals surface area contributed by atoms with Gasteiger partial charge in [-0.05, 0) is 37.0 Å². The van der Waals surface area contributed by atoms with Crippen molar-refractivity contribution < 1.29 is 42.1 Å². The molecule has 0 saturated heterocycles. The molecule has 0 aliphatic carbocycles. The Morgan fingerprint density at radius 3 is 1.08 bits per heavy atom. The molecule has 38 heavy (non-hydrogen) atoms. The second kappa shape index (κ2) is 16.0. The molecule has 5 aromatic rings. The van der Waals surface area contributed by atoms with Crippen LogP contribution in [0.1, 0.15) is 33.4 Å². The molecule has 0 saturated carbocycles. The number of nitrogens with zero attached hydrogens (tertiary/aromatic N) is 2. The molecule has 2 aromatic heterocycles. The zero-order valence-corrected chi connectivity index (χ0v) is 25.2. The summed E-state index contributed by atoms with van der Waals surface area (Å²) in [6, 6.07) is 23.0. The summed E-state index contributed by atoms with van der Waals surface area (Å²) in [7, 11) is 0. The van der Waals surface area contributed by atoms with Gasteiger partial charge in [-0.25, -0.2) is 0 Å². The maximum absolute atomic E-state index is 7.10. The monoisotopic (exact) mass is 846 g/mol. The Labute approximate surface area is 254 Å². The molecule has 4 heteroatoms. The summed E-state index contributed by atoms with van der Waals surface area (Å²) in [6.07, 6.45) is 30.9. The van der Waals surface area contributed by atoms with Gasteiger partial charge in [-0.3, -0.25) is 33.6 Å². The molecule has 0 radical (unpaired) electrons. The van der Waals surface area contributed by atoms with Crippen LogP contribution in [0.15, 0.2) is 85.2 Å². The van der Waals surface area contributed by atoms with E-state index in [0.29, 0.717) is 11.1 Å². The summed E-state index contributed by atoms with van der Waals surface area (Å²) in [5.41, 5.74) is 6.98. The third-order valence-electron chi connectivity index (χ3n) is 5.18. The van der Waals surface area contributed by atoms with Crippen molar-refractivity contribution in [1.29, 1.82) is 0 Å². The zero-order chi connectivity index (χ0) is 25.9. The molecule has 0 bridgehead atoms. The van der Waals surface area contributed by atoms with Crippen molar-refractivity contribution in [2.24, 2.45) is 0 Å². The normalized spacial score (nSPS) is 8.79. The molecule has 0 spiro atoms. The standard InChI is InChI=1S/C16H6N2.2C9H7.2Pt/c1-3-11-7-13-5-6-14-8-12(4-2)10-18-16(14)15(13)17-9-11;2*1-3-9-6-4-8(2)5-7-9;;/h5-10H;2*4-7H,2H3;;/q-2;2*-1;2*+2. The minimum Gasteiger partial charge on any atom is -0.366 e. The van der Waals surface area contributed by atoms with Crippen molar-refractivity contribution in [2.45, 2.75) is 13.8 Å². The molecule has 0 fully saturated rings. The van der Waals surface area contributed by atoms with E-state index in [2.05, 4.69) is 33.6 Å². The van der Waals surface area contributed by atoms with E-state index in [1.165, 1.54) is 11.1 Å². The molecule has 186 valence electrons. The van der Waals surface area contributed by atoms with Crippen LogP contribution < -0.4 is 0 Å². The molecular formula is C34H20N2Pt2. The second-order valence-corrected chi connectivity index (χ2v) is 7.89. The van der Waals surface area contributed by atoms with Crippen LogP contribution in [0, 0.1) is 63.2 Å². The molecule has 2 heterocycles. The Morgan fingerprint density at radius 2 is 0.789 bits per heavy atom. The van der Waals surface area contributed by atoms with Crippen molar-refractivity contribution in [3.63, 3.8) is 0 Å². The van der Waals surface area contributed by atoms with E-state index in [1.807, 2.05) is 86.6 Å². The molecule has 0 amide bonds. The van der Waals surface area contributed by atoms with E-state index in [4.69, 9.17) is 25.7 Å². The van der Waals surface area contributed by atoms with Crippen LogP contribution in [0.3, 0.4) is 0 Å². The quantitative estimate of drug-likeness (QED) is 0.101. The summed E-state index contributed by atoms with van der Waals surface area (Å²) in [4.78, 5) is 8.65. The molecule has 0 aliphatic heterocycles. The first-order valence-electron chi connectivity index (χ1n) is 11.0. The number of hydrogen-bond donors (Lipinski definition) is 0. The Hall–Kier alpha value is -3.90. The Balaban J connectivity index is 0.000000308. The first-order chi connectivity index (χ1) is 17.5. The fraction of sp³-hybridized carbons (Fsp3) is 0.0588. The van der Waals surface area contributed by atoms with Crippen LogP contribution >= 0.6 is 0 Å². The molecule has 2 nitrogen and oxygen atoms in total. The van der Waals surface area contributed by atoms with Gasteiger partial charge in [0.1, 0.15) is 0 Å². The Kier molecular flexibility index (Phi) is 13.6. The summed E-state index contributed by atoms with van der Waals surface area (Å²) in [5, 5.41) is 1.86. The average Bonchev–Trinajstić information content (AvgIpc) is 2.93. The number of hydrogen-bond acceptors (Lipinski definition) is 2. The second-order valence-electron chi connectivity index (χ2n) is 7.89. The van der Waals surface area contributed by atoms with Crippen molar-refractivity contribution in [3.8, 4) is 23.7 Å². The van der Waals surface area contributed by atoms with E-state index in [1.54, 1.807) is 12.4 Å². The smallest absolute Gasteiger partial charge is 0.366 e. The molecule has 3 aromatic carbocycles. The number of aromatic nitrogens is 2. The van der Waals surface area contributed by atoms with E-state index in [-0.39, 0.29) is 42.1 Å². The van der Waals surface area contributed by atoms with Gasteiger partial charge in [0.15, 0.2) is 0 Å². The predicted molar refractivity (Wildman–Crippen MR) is 144 cm³/mol. The van der Waals surface area contributed by atoms with Gasteiger partial charge in [0.25, 0.3) is 0 Å². The SMILES string of the molecule is [C-]#Cc1ccc(C)cc1.[C-]#Cc1ccc(C)cc1.[C-]#Cc1cnc2c(ccc3cc(C#[C-])cnc32)c1.[Pt+2].[Pt+2]. The van der Waals surface area contributed by atoms with Crippen LogP contribution in [0.25, 0.3) is 21.8 Å². The van der Waals surface area contributed by atoms with Crippen LogP contribution in [0.2, 0.25) is 0 Å². The van der Waals surface area contributed by atoms with Gasteiger partial charge in [0, 0.05) is 0 Å². The maximum atomic E-state index is 7.10. The van der Waals surface area contributed by atoms with E-state index >= 15 is 0 Å². The van der Waals surface area contributed by atoms with Crippen molar-refractivity contribution >= 4 is 21.8 Å². The van der Waals surface area contributed by atoms with Gasteiger partial charge in [-0.15, -0.1) is 58.7 Å². The van der Waals surface area contributed by atoms with Crippen LogP contribution in [0.5, 0.6) is 0 Å². The summed E-state index contributed by atoms with van der Waals surface area (Å²) in [5.74, 6) is 9.24. The Morgan fingerprint density at radius 1 is 0.474 bits per heavy atom. The largest absolute Gasteiger partial charge is 2.00 e. The third-order valence-corrected chi connectivity index (χ3v) is 5.18. The third kappa shape index (κ3) is 8.89. The van der Waals surface area contributed by atoms with Crippen LogP contribution in [0.4, 0.5) is 0 Å². The fourth-order valence-corrected chi connectivity index (χ4v) is 3.20. The summed E-state index contributed by atoms with van der Waals surface area (Å²) >= 11 is 0. The number of aryl methyl sites for hydroxylation is 2. The number of pyridine rings is 2. The van der Waals surface area contributed by atoms with Gasteiger partial charge < -0.3 is 25.7 Å². The molecule has 5 rings (SSSR count). The summed E-state index contributed by atoms with van der Waals surface area (Å²) < 4.78 is 0. The predicted octanol–water partition coefficient (Wildman–Crippen LogP) is 6.52. The maximum Gasteiger partial charge on any atom is 2.00 e. The molecular weight excluding hydrogens is 827 g/mol. The van der Waals surface area contributed by atoms with Crippen molar-refractivity contribution in [2.75, 3.05) is 0 Å². The van der Waals surface area contributed by atoms with Gasteiger partial charge in [-0.1, -0.05) is 47.5 Å². The van der Waals surface area contributed by atoms with Gasteiger partial charge >= 0.3 is 42.1 Å². The number of rotatable bonds is 0. The first kappa shape index (κ1) is 32.1. The van der Waals surface area contributed by atoms with E-state index < -0.39 is 0 Å². The first-order valence-corrected chi connectivity index (χ1v) is 11.0. The van der Waals surface area contributed by atoms with E-state index in [0.717, 1.165) is 32.9 Å². The van der Waals surface area contributed by atoms with Gasteiger partial charge in [0.05, 0.1) is 11.0 Å². The topological polar surface area (TPSA) is 25.8 Å². The molecule has 0 N–H and O–H groups in total. The minimum atomic E-state index is 0. The molecule has 0 unspecified atom stereocenters. The average molecular weight is 847 g/mol. The van der Waals surface area contributed by atoms with Crippen molar-refractivity contribution in [3.05, 3.63) is 144 Å². The van der Waals surface area contributed by atoms with Crippen LogP contribution in [-0.2, 0) is 42.1 Å². The number of benzene rings is 3. The van der Waals surface area contributed by atoms with Gasteiger partial charge in [-0.2, -0.15) is 0 Å². The number of fused-ring (bicyclic) bond motifs is 3. The minimum absolute atomic E-state index is 0. The van der Waals surface area contributed by atoms with Crippen LogP contribution in [-0.4, -0.2) is 9.97 Å². The fourth-order valence-electron chi connectivity index (χ4n) is 3.20. The van der Waals surface area contributed by atoms with E-state index in [9.17, 15) is 0 Å². The summed E-state index contributed by atoms with van der Waals surface area (Å²) in [6.45, 7) is 4.04. The zero-order valence-electron chi connectivity index (χ0n) is 20.6. The molecule has 0 aliphatic rings. The Bertz CT molecular complexity index is 1550.